The van der Waals surface area contributed by atoms with Crippen LogP contribution in [0.2, 0.25) is 0 Å². The highest BCUT2D eigenvalue weighted by molar-refractivity contribution is 5.35. The van der Waals surface area contributed by atoms with Crippen LogP contribution < -0.4 is 4.74 Å². The van der Waals surface area contributed by atoms with Gasteiger partial charge in [-0.1, -0.05) is 0 Å². The zero-order valence-electron chi connectivity index (χ0n) is 11.4. The van der Waals surface area contributed by atoms with Crippen molar-refractivity contribution in [3.05, 3.63) is 29.6 Å². The lowest BCUT2D eigenvalue weighted by Crippen LogP contribution is -2.08. The minimum atomic E-state index is -0.687. The maximum Gasteiger partial charge on any atom is 0.127 e. The zero-order chi connectivity index (χ0) is 14.1. The lowest BCUT2D eigenvalue weighted by Gasteiger charge is -2.13. The number of ether oxygens (including phenoxy) is 3. The van der Waals surface area contributed by atoms with Gasteiger partial charge >= 0.3 is 0 Å². The Morgan fingerprint density at radius 1 is 1.21 bits per heavy atom. The van der Waals surface area contributed by atoms with Crippen LogP contribution in [0, 0.1) is 5.82 Å². The van der Waals surface area contributed by atoms with Crippen LogP contribution in [0.4, 0.5) is 4.39 Å². The molecule has 0 aliphatic carbocycles. The van der Waals surface area contributed by atoms with Crippen molar-refractivity contribution in [2.24, 2.45) is 0 Å². The lowest BCUT2D eigenvalue weighted by atomic mass is 10.1. The molecule has 0 unspecified atom stereocenters. The summed E-state index contributed by atoms with van der Waals surface area (Å²) in [4.78, 5) is 0. The SMILES string of the molecule is COCCOCCCOc1cc(F)ccc1[C@H](C)O. The van der Waals surface area contributed by atoms with Gasteiger partial charge in [0, 0.05) is 31.8 Å². The quantitative estimate of drug-likeness (QED) is 0.701. The molecule has 0 aromatic heterocycles. The second kappa shape index (κ2) is 8.85. The molecule has 1 aromatic carbocycles. The topological polar surface area (TPSA) is 47.9 Å². The number of aliphatic hydroxyl groups is 1. The summed E-state index contributed by atoms with van der Waals surface area (Å²) in [7, 11) is 1.62. The largest absolute Gasteiger partial charge is 0.493 e. The van der Waals surface area contributed by atoms with Gasteiger partial charge in [-0.25, -0.2) is 4.39 Å². The predicted octanol–water partition coefficient (Wildman–Crippen LogP) is 2.31. The Morgan fingerprint density at radius 3 is 2.68 bits per heavy atom. The van der Waals surface area contributed by atoms with E-state index in [0.717, 1.165) is 0 Å². The van der Waals surface area contributed by atoms with Gasteiger partial charge < -0.3 is 19.3 Å². The van der Waals surface area contributed by atoms with Crippen molar-refractivity contribution in [3.8, 4) is 5.75 Å². The summed E-state index contributed by atoms with van der Waals surface area (Å²) in [5.74, 6) is 0.00244. The van der Waals surface area contributed by atoms with E-state index >= 15 is 0 Å². The maximum absolute atomic E-state index is 13.1. The van der Waals surface area contributed by atoms with Crippen LogP contribution in [0.25, 0.3) is 0 Å². The van der Waals surface area contributed by atoms with Gasteiger partial charge in [0.2, 0.25) is 0 Å². The second-order valence-corrected chi connectivity index (χ2v) is 4.17. The fourth-order valence-corrected chi connectivity index (χ4v) is 1.57. The average Bonchev–Trinajstić information content (AvgIpc) is 2.37. The minimum Gasteiger partial charge on any atom is -0.493 e. The number of hydrogen-bond acceptors (Lipinski definition) is 4. The molecule has 0 aliphatic heterocycles. The first-order chi connectivity index (χ1) is 9.15. The third-order valence-electron chi connectivity index (χ3n) is 2.55. The summed E-state index contributed by atoms with van der Waals surface area (Å²) < 4.78 is 28.7. The molecule has 1 aromatic rings. The third-order valence-corrected chi connectivity index (χ3v) is 2.55. The van der Waals surface area contributed by atoms with E-state index in [9.17, 15) is 9.50 Å². The molecule has 4 nitrogen and oxygen atoms in total. The molecule has 108 valence electrons. The van der Waals surface area contributed by atoms with Crippen molar-refractivity contribution in [2.75, 3.05) is 33.5 Å². The standard InChI is InChI=1S/C14H21FO4/c1-11(16)13-5-4-12(15)10-14(13)19-7-3-6-18-9-8-17-2/h4-5,10-11,16H,3,6-9H2,1-2H3/t11-/m0/s1. The summed E-state index contributed by atoms with van der Waals surface area (Å²) in [5.41, 5.74) is 0.585. The molecule has 1 N–H and O–H groups in total. The van der Waals surface area contributed by atoms with E-state index in [-0.39, 0.29) is 5.82 Å². The summed E-state index contributed by atoms with van der Waals surface area (Å²) in [6, 6.07) is 4.13. The Bertz CT molecular complexity index is 368. The Hall–Kier alpha value is -1.17. The molecule has 0 radical (unpaired) electrons. The van der Waals surface area contributed by atoms with Crippen molar-refractivity contribution in [1.82, 2.24) is 0 Å². The van der Waals surface area contributed by atoms with Crippen LogP contribution >= 0.6 is 0 Å². The van der Waals surface area contributed by atoms with Gasteiger partial charge in [0.05, 0.1) is 25.9 Å². The highest BCUT2D eigenvalue weighted by atomic mass is 19.1. The minimum absolute atomic E-state index is 0.379. The van der Waals surface area contributed by atoms with Gasteiger partial charge in [0.1, 0.15) is 11.6 Å². The van der Waals surface area contributed by atoms with Crippen molar-refractivity contribution < 1.29 is 23.7 Å². The van der Waals surface area contributed by atoms with Gasteiger partial charge in [0.15, 0.2) is 0 Å². The van der Waals surface area contributed by atoms with E-state index < -0.39 is 6.10 Å². The summed E-state index contributed by atoms with van der Waals surface area (Å²) in [6.45, 7) is 3.71. The number of rotatable bonds is 9. The van der Waals surface area contributed by atoms with Gasteiger partial charge in [-0.2, -0.15) is 0 Å². The molecule has 0 saturated heterocycles. The Morgan fingerprint density at radius 2 is 2.00 bits per heavy atom. The Balaban J connectivity index is 2.34. The van der Waals surface area contributed by atoms with Crippen molar-refractivity contribution in [1.29, 1.82) is 0 Å². The molecule has 0 fully saturated rings. The third kappa shape index (κ3) is 6.00. The number of halogens is 1. The Labute approximate surface area is 113 Å². The zero-order valence-corrected chi connectivity index (χ0v) is 11.4. The normalized spacial score (nSPS) is 12.4. The van der Waals surface area contributed by atoms with E-state index in [1.165, 1.54) is 18.2 Å². The number of hydrogen-bond donors (Lipinski definition) is 1. The van der Waals surface area contributed by atoms with E-state index in [1.54, 1.807) is 14.0 Å². The van der Waals surface area contributed by atoms with Crippen LogP contribution in [-0.2, 0) is 9.47 Å². The molecule has 0 saturated carbocycles. The molecule has 19 heavy (non-hydrogen) atoms. The van der Waals surface area contributed by atoms with Crippen LogP contribution in [0.1, 0.15) is 25.0 Å². The molecule has 0 heterocycles. The number of benzene rings is 1. The van der Waals surface area contributed by atoms with E-state index in [0.29, 0.717) is 44.2 Å². The molecule has 1 rings (SSSR count). The lowest BCUT2D eigenvalue weighted by molar-refractivity contribution is 0.0642. The van der Waals surface area contributed by atoms with Crippen molar-refractivity contribution in [2.45, 2.75) is 19.4 Å². The molecule has 0 bridgehead atoms. The summed E-state index contributed by atoms with van der Waals surface area (Å²) >= 11 is 0. The van der Waals surface area contributed by atoms with Crippen molar-refractivity contribution >= 4 is 0 Å². The van der Waals surface area contributed by atoms with Crippen LogP contribution in [0.3, 0.4) is 0 Å². The second-order valence-electron chi connectivity index (χ2n) is 4.17. The van der Waals surface area contributed by atoms with Gasteiger partial charge in [0.25, 0.3) is 0 Å². The Kier molecular flexibility index (Phi) is 7.40. The monoisotopic (exact) mass is 272 g/mol. The smallest absolute Gasteiger partial charge is 0.127 e. The van der Waals surface area contributed by atoms with Crippen LogP contribution in [0.5, 0.6) is 5.75 Å². The van der Waals surface area contributed by atoms with Crippen LogP contribution in [0.15, 0.2) is 18.2 Å². The molecule has 0 amide bonds. The highest BCUT2D eigenvalue weighted by Gasteiger charge is 2.10. The molecular formula is C14H21FO4. The first-order valence-corrected chi connectivity index (χ1v) is 6.32. The fourth-order valence-electron chi connectivity index (χ4n) is 1.57. The molecule has 0 spiro atoms. The molecule has 5 heteroatoms. The maximum atomic E-state index is 13.1. The molecule has 0 aliphatic rings. The fraction of sp³-hybridized carbons (Fsp3) is 0.571. The predicted molar refractivity (Wildman–Crippen MR) is 69.8 cm³/mol. The molecule has 1 atom stereocenters. The summed E-state index contributed by atoms with van der Waals surface area (Å²) in [5, 5.41) is 9.55. The first-order valence-electron chi connectivity index (χ1n) is 6.32. The highest BCUT2D eigenvalue weighted by Crippen LogP contribution is 2.26. The number of aliphatic hydroxyl groups excluding tert-OH is 1. The van der Waals surface area contributed by atoms with Gasteiger partial charge in [-0.05, 0) is 19.1 Å². The average molecular weight is 272 g/mol. The van der Waals surface area contributed by atoms with E-state index in [4.69, 9.17) is 14.2 Å². The van der Waals surface area contributed by atoms with E-state index in [2.05, 4.69) is 0 Å². The number of methoxy groups -OCH3 is 1. The van der Waals surface area contributed by atoms with Gasteiger partial charge in [-0.3, -0.25) is 0 Å². The van der Waals surface area contributed by atoms with Crippen LogP contribution in [-0.4, -0.2) is 38.6 Å². The van der Waals surface area contributed by atoms with E-state index in [1.807, 2.05) is 0 Å². The van der Waals surface area contributed by atoms with Gasteiger partial charge in [-0.15, -0.1) is 0 Å². The summed E-state index contributed by atoms with van der Waals surface area (Å²) in [6.07, 6.45) is 0.00740. The van der Waals surface area contributed by atoms with Crippen molar-refractivity contribution in [3.63, 3.8) is 0 Å². The first kappa shape index (κ1) is 15.9. The molecular weight excluding hydrogens is 251 g/mol.